The molecule has 2 nitrogen and oxygen atoms in total. The van der Waals surface area contributed by atoms with E-state index in [1.54, 1.807) is 11.3 Å². The van der Waals surface area contributed by atoms with Crippen molar-refractivity contribution < 1.29 is 0 Å². The van der Waals surface area contributed by atoms with Gasteiger partial charge in [-0.3, -0.25) is 0 Å². The number of hydrogen-bond donors (Lipinski definition) is 1. The van der Waals surface area contributed by atoms with Crippen LogP contribution < -0.4 is 5.32 Å². The number of thiophene rings is 1. The largest absolute Gasteiger partial charge is 0.315 e. The highest BCUT2D eigenvalue weighted by Crippen LogP contribution is 2.05. The molecule has 1 N–H and O–H groups in total. The summed E-state index contributed by atoms with van der Waals surface area (Å²) in [5, 5.41) is 7.90. The summed E-state index contributed by atoms with van der Waals surface area (Å²) in [5.74, 6) is 0. The molecule has 0 radical (unpaired) electrons. The Balaban J connectivity index is 2.00. The Kier molecular flexibility index (Phi) is 7.49. The molecule has 1 heterocycles. The van der Waals surface area contributed by atoms with Crippen molar-refractivity contribution >= 4 is 11.3 Å². The Bertz CT molecular complexity index is 272. The number of rotatable bonds is 9. The Morgan fingerprint density at radius 3 is 2.88 bits per heavy atom. The molecule has 0 saturated heterocycles. The molecule has 0 aromatic carbocycles. The molecular weight excluding hydrogens is 228 g/mol. The minimum absolute atomic E-state index is 0.707. The summed E-state index contributed by atoms with van der Waals surface area (Å²) in [6, 6.07) is 2.92. The average molecular weight is 254 g/mol. The molecule has 1 aromatic rings. The van der Waals surface area contributed by atoms with Crippen LogP contribution in [0.5, 0.6) is 0 Å². The minimum atomic E-state index is 0.707. The number of nitrogens with one attached hydrogen (secondary N) is 1. The van der Waals surface area contributed by atoms with Crippen molar-refractivity contribution in [2.24, 2.45) is 0 Å². The Labute approximate surface area is 110 Å². The lowest BCUT2D eigenvalue weighted by Crippen LogP contribution is -2.35. The van der Waals surface area contributed by atoms with Crippen LogP contribution in [0.3, 0.4) is 0 Å². The first-order valence-corrected chi connectivity index (χ1v) is 7.60. The van der Waals surface area contributed by atoms with E-state index < -0.39 is 0 Å². The second-order valence-electron chi connectivity index (χ2n) is 4.75. The number of nitrogens with zero attached hydrogens (tertiary/aromatic N) is 1. The van der Waals surface area contributed by atoms with Crippen molar-refractivity contribution in [3.05, 3.63) is 22.4 Å². The molecule has 17 heavy (non-hydrogen) atoms. The van der Waals surface area contributed by atoms with Gasteiger partial charge in [0.2, 0.25) is 0 Å². The smallest absolute Gasteiger partial charge is 0.0107 e. The maximum atomic E-state index is 3.51. The van der Waals surface area contributed by atoms with Crippen LogP contribution in [0.4, 0.5) is 0 Å². The Morgan fingerprint density at radius 2 is 2.24 bits per heavy atom. The maximum Gasteiger partial charge on any atom is 0.0107 e. The molecule has 0 saturated carbocycles. The predicted molar refractivity (Wildman–Crippen MR) is 77.9 cm³/mol. The molecule has 0 bridgehead atoms. The van der Waals surface area contributed by atoms with Crippen LogP contribution in [0, 0.1) is 0 Å². The van der Waals surface area contributed by atoms with Gasteiger partial charge in [-0.2, -0.15) is 11.3 Å². The van der Waals surface area contributed by atoms with E-state index >= 15 is 0 Å². The van der Waals surface area contributed by atoms with Gasteiger partial charge in [-0.15, -0.1) is 0 Å². The second-order valence-corrected chi connectivity index (χ2v) is 5.53. The summed E-state index contributed by atoms with van der Waals surface area (Å²) in [5.41, 5.74) is 1.45. The summed E-state index contributed by atoms with van der Waals surface area (Å²) in [6.45, 7) is 7.89. The fraction of sp³-hybridized carbons (Fsp3) is 0.714. The molecule has 0 fully saturated rings. The van der Waals surface area contributed by atoms with Gasteiger partial charge in [-0.1, -0.05) is 13.3 Å². The van der Waals surface area contributed by atoms with E-state index in [4.69, 9.17) is 0 Å². The zero-order valence-corrected chi connectivity index (χ0v) is 12.2. The lowest BCUT2D eigenvalue weighted by molar-refractivity contribution is 0.245. The molecular formula is C14H26N2S. The lowest BCUT2D eigenvalue weighted by Gasteiger charge is -2.24. The van der Waals surface area contributed by atoms with Crippen LogP contribution in [0.25, 0.3) is 0 Å². The molecule has 0 spiro atoms. The molecule has 1 atom stereocenters. The van der Waals surface area contributed by atoms with Gasteiger partial charge < -0.3 is 10.2 Å². The van der Waals surface area contributed by atoms with E-state index in [2.05, 4.69) is 47.9 Å². The molecule has 1 rings (SSSR count). The first-order valence-electron chi connectivity index (χ1n) is 6.66. The number of hydrogen-bond acceptors (Lipinski definition) is 3. The molecule has 3 heteroatoms. The third-order valence-corrected chi connectivity index (χ3v) is 4.00. The standard InChI is InChI=1S/C14H26N2S/c1-4-5-13(2)16(3)10-9-15-8-6-14-7-11-17-12-14/h7,11-13,15H,4-6,8-10H2,1-3H3. The minimum Gasteiger partial charge on any atom is -0.315 e. The van der Waals surface area contributed by atoms with Gasteiger partial charge >= 0.3 is 0 Å². The molecule has 0 aliphatic carbocycles. The van der Waals surface area contributed by atoms with Gasteiger partial charge in [0, 0.05) is 19.1 Å². The van der Waals surface area contributed by atoms with Crippen LogP contribution in [0.15, 0.2) is 16.8 Å². The van der Waals surface area contributed by atoms with Gasteiger partial charge in [-0.25, -0.2) is 0 Å². The summed E-state index contributed by atoms with van der Waals surface area (Å²) < 4.78 is 0. The summed E-state index contributed by atoms with van der Waals surface area (Å²) in [6.07, 6.45) is 3.72. The molecule has 0 aliphatic heterocycles. The normalized spacial score (nSPS) is 13.2. The van der Waals surface area contributed by atoms with Crippen molar-refractivity contribution in [3.63, 3.8) is 0 Å². The van der Waals surface area contributed by atoms with Crippen LogP contribution >= 0.6 is 11.3 Å². The first kappa shape index (κ1) is 14.7. The van der Waals surface area contributed by atoms with Gasteiger partial charge in [0.25, 0.3) is 0 Å². The van der Waals surface area contributed by atoms with E-state index in [9.17, 15) is 0 Å². The molecule has 1 unspecified atom stereocenters. The Hall–Kier alpha value is -0.380. The van der Waals surface area contributed by atoms with E-state index in [1.807, 2.05) is 0 Å². The third kappa shape index (κ3) is 6.20. The fourth-order valence-electron chi connectivity index (χ4n) is 1.91. The van der Waals surface area contributed by atoms with Crippen molar-refractivity contribution in [2.75, 3.05) is 26.7 Å². The van der Waals surface area contributed by atoms with Crippen LogP contribution in [0.2, 0.25) is 0 Å². The monoisotopic (exact) mass is 254 g/mol. The van der Waals surface area contributed by atoms with Crippen molar-refractivity contribution in [1.29, 1.82) is 0 Å². The van der Waals surface area contributed by atoms with E-state index in [0.29, 0.717) is 6.04 Å². The predicted octanol–water partition coefficient (Wildman–Crippen LogP) is 3.00. The van der Waals surface area contributed by atoms with Crippen molar-refractivity contribution in [1.82, 2.24) is 10.2 Å². The topological polar surface area (TPSA) is 15.3 Å². The van der Waals surface area contributed by atoms with Crippen molar-refractivity contribution in [3.8, 4) is 0 Å². The van der Waals surface area contributed by atoms with E-state index in [0.717, 1.165) is 26.1 Å². The van der Waals surface area contributed by atoms with Gasteiger partial charge in [-0.05, 0) is 55.7 Å². The van der Waals surface area contributed by atoms with Gasteiger partial charge in [0.05, 0.1) is 0 Å². The average Bonchev–Trinajstić information content (AvgIpc) is 2.81. The van der Waals surface area contributed by atoms with Crippen LogP contribution in [0.1, 0.15) is 32.3 Å². The molecule has 98 valence electrons. The van der Waals surface area contributed by atoms with Crippen LogP contribution in [-0.2, 0) is 6.42 Å². The highest BCUT2D eigenvalue weighted by atomic mass is 32.1. The first-order chi connectivity index (χ1) is 8.24. The second kappa shape index (κ2) is 8.67. The summed E-state index contributed by atoms with van der Waals surface area (Å²) in [7, 11) is 2.22. The SMILES string of the molecule is CCCC(C)N(C)CCNCCc1ccsc1. The third-order valence-electron chi connectivity index (χ3n) is 3.27. The highest BCUT2D eigenvalue weighted by Gasteiger charge is 2.06. The van der Waals surface area contributed by atoms with Crippen molar-refractivity contribution in [2.45, 2.75) is 39.2 Å². The Morgan fingerprint density at radius 1 is 1.41 bits per heavy atom. The molecule has 1 aromatic heterocycles. The summed E-state index contributed by atoms with van der Waals surface area (Å²) in [4.78, 5) is 2.45. The quantitative estimate of drug-likeness (QED) is 0.682. The zero-order chi connectivity index (χ0) is 12.5. The highest BCUT2D eigenvalue weighted by molar-refractivity contribution is 7.07. The van der Waals surface area contributed by atoms with Gasteiger partial charge in [0.1, 0.15) is 0 Å². The van der Waals surface area contributed by atoms with E-state index in [-0.39, 0.29) is 0 Å². The maximum absolute atomic E-state index is 3.51. The zero-order valence-electron chi connectivity index (χ0n) is 11.4. The lowest BCUT2D eigenvalue weighted by atomic mass is 10.2. The number of likely N-dealkylation sites (N-methyl/N-ethyl adjacent to an activating group) is 1. The molecule has 0 aliphatic rings. The van der Waals surface area contributed by atoms with E-state index in [1.165, 1.54) is 18.4 Å². The van der Waals surface area contributed by atoms with Crippen LogP contribution in [-0.4, -0.2) is 37.6 Å². The fourth-order valence-corrected chi connectivity index (χ4v) is 2.61. The molecule has 0 amide bonds. The summed E-state index contributed by atoms with van der Waals surface area (Å²) >= 11 is 1.78. The van der Waals surface area contributed by atoms with Gasteiger partial charge in [0.15, 0.2) is 0 Å².